The lowest BCUT2D eigenvalue weighted by atomic mass is 9.73. The van der Waals surface area contributed by atoms with Crippen molar-refractivity contribution in [2.45, 2.75) is 199 Å². The molecule has 4 fully saturated rings. The average Bonchev–Trinajstić information content (AvgIpc) is 3.43. The third-order valence-corrected chi connectivity index (χ3v) is 13.9. The van der Waals surface area contributed by atoms with Gasteiger partial charge in [-0.05, 0) is 81.8 Å². The smallest absolute Gasteiger partial charge is 0.410 e. The Morgan fingerprint density at radius 1 is 0.951 bits per heavy atom. The number of hydrogen-bond donors (Lipinski definition) is 2. The van der Waals surface area contributed by atoms with E-state index in [-0.39, 0.29) is 43.7 Å². The summed E-state index contributed by atoms with van der Waals surface area (Å²) >= 11 is 0. The van der Waals surface area contributed by atoms with Gasteiger partial charge in [0.1, 0.15) is 23.6 Å². The number of carbonyl (C=O) groups excluding carboxylic acids is 4. The molecule has 4 heterocycles. The molecule has 17 heteroatoms. The van der Waals surface area contributed by atoms with Gasteiger partial charge in [-0.2, -0.15) is 0 Å². The maximum absolute atomic E-state index is 14.8. The van der Waals surface area contributed by atoms with Crippen LogP contribution in [0.15, 0.2) is 0 Å². The first kappa shape index (κ1) is 51.2. The van der Waals surface area contributed by atoms with Gasteiger partial charge < -0.3 is 58.4 Å². The number of Topliss-reactive ketones (excluding diaryl/α,β-unsaturated/α-hetero) is 1. The number of cyclic esters (lactones) is 1. The number of carbonyl (C=O) groups is 4. The van der Waals surface area contributed by atoms with Crippen LogP contribution in [0.1, 0.15) is 109 Å². The number of hydrogen-bond acceptors (Lipinski definition) is 16. The summed E-state index contributed by atoms with van der Waals surface area (Å²) in [5.41, 5.74) is 2.50. The van der Waals surface area contributed by atoms with Gasteiger partial charge in [0.05, 0.1) is 42.0 Å². The molecule has 0 radical (unpaired) electrons. The second-order valence-electron chi connectivity index (χ2n) is 19.2. The van der Waals surface area contributed by atoms with Crippen LogP contribution in [0.4, 0.5) is 4.79 Å². The van der Waals surface area contributed by atoms with Crippen LogP contribution in [0.3, 0.4) is 0 Å². The average molecular weight is 872 g/mol. The lowest BCUT2D eigenvalue weighted by Crippen LogP contribution is -2.62. The van der Waals surface area contributed by atoms with E-state index in [1.807, 2.05) is 60.5 Å². The van der Waals surface area contributed by atoms with E-state index in [0.29, 0.717) is 6.42 Å². The Morgan fingerprint density at radius 2 is 1.56 bits per heavy atom. The molecule has 4 aliphatic heterocycles. The fourth-order valence-corrected chi connectivity index (χ4v) is 10.5. The van der Waals surface area contributed by atoms with E-state index in [1.54, 1.807) is 34.6 Å². The summed E-state index contributed by atoms with van der Waals surface area (Å²) in [4.78, 5) is 58.9. The highest BCUT2D eigenvalue weighted by Crippen LogP contribution is 2.45. The summed E-state index contributed by atoms with van der Waals surface area (Å²) in [5.74, 6) is -4.51. The minimum absolute atomic E-state index is 0.111. The summed E-state index contributed by atoms with van der Waals surface area (Å²) in [5, 5.41) is 11.8. The number of rotatable bonds is 11. The van der Waals surface area contributed by atoms with Gasteiger partial charge in [-0.3, -0.25) is 19.3 Å². The number of nitrogens with zero attached hydrogens (tertiary/aromatic N) is 2. The standard InChI is InChI=1S/C44H77N3O14/c1-17-31-44(12)36(47(21-23(3)45)41(52)61-44)25(5)33(49)22(2)19-42(10,53-15)37(60-40-34(50)30(46(13)14)18-24(4)55-40)26(6)35(27(7)39(51)58-31)59-32-20-43(11,54-16)38(28(8)56-32)57-29(9)48/h22-28,30-32,34-38,40,50H,17-21,45H2,1-16H3/t22-,23-,24-,25+,26+,27-,28+,30+,31+,32+,34-,35+,36-,37-,38+,40+,42-,43-,44-/m1/s1. The Hall–Kier alpha value is -2.48. The zero-order valence-corrected chi connectivity index (χ0v) is 39.5. The first-order valence-electron chi connectivity index (χ1n) is 22.0. The molecule has 61 heavy (non-hydrogen) atoms. The molecule has 17 nitrogen and oxygen atoms in total. The van der Waals surface area contributed by atoms with Crippen molar-refractivity contribution in [3.05, 3.63) is 0 Å². The van der Waals surface area contributed by atoms with Crippen LogP contribution in [0.25, 0.3) is 0 Å². The highest BCUT2D eigenvalue weighted by Gasteiger charge is 2.61. The van der Waals surface area contributed by atoms with Gasteiger partial charge >= 0.3 is 18.0 Å². The van der Waals surface area contributed by atoms with E-state index in [1.165, 1.54) is 26.0 Å². The minimum atomic E-state index is -1.44. The van der Waals surface area contributed by atoms with E-state index in [4.69, 9.17) is 48.4 Å². The molecular formula is C44H77N3O14. The number of amides is 1. The van der Waals surface area contributed by atoms with Gasteiger partial charge in [-0.1, -0.05) is 27.7 Å². The van der Waals surface area contributed by atoms with Crippen LogP contribution in [0.2, 0.25) is 0 Å². The molecule has 0 aliphatic carbocycles. The second kappa shape index (κ2) is 20.1. The molecule has 19 atom stereocenters. The highest BCUT2D eigenvalue weighted by molar-refractivity contribution is 5.85. The Kier molecular flexibility index (Phi) is 16.9. The zero-order chi connectivity index (χ0) is 46.1. The van der Waals surface area contributed by atoms with Crippen molar-refractivity contribution in [3.8, 4) is 0 Å². The van der Waals surface area contributed by atoms with Crippen molar-refractivity contribution in [2.24, 2.45) is 29.4 Å². The van der Waals surface area contributed by atoms with Crippen LogP contribution < -0.4 is 5.73 Å². The lowest BCUT2D eigenvalue weighted by molar-refractivity contribution is -0.320. The Bertz CT molecular complexity index is 1540. The second-order valence-corrected chi connectivity index (χ2v) is 19.2. The van der Waals surface area contributed by atoms with Crippen molar-refractivity contribution >= 4 is 23.8 Å². The van der Waals surface area contributed by atoms with Crippen molar-refractivity contribution in [3.63, 3.8) is 0 Å². The molecule has 1 amide bonds. The van der Waals surface area contributed by atoms with Crippen LogP contribution in [-0.2, 0) is 57.0 Å². The lowest BCUT2D eigenvalue weighted by Gasteiger charge is -2.50. The minimum Gasteiger partial charge on any atom is -0.458 e. The molecule has 4 saturated heterocycles. The molecular weight excluding hydrogens is 794 g/mol. The predicted octanol–water partition coefficient (Wildman–Crippen LogP) is 3.83. The number of ether oxygens (including phenoxy) is 9. The number of nitrogens with two attached hydrogens (primary N) is 1. The summed E-state index contributed by atoms with van der Waals surface area (Å²) < 4.78 is 57.2. The third kappa shape index (κ3) is 10.7. The molecule has 0 aromatic heterocycles. The molecule has 352 valence electrons. The van der Waals surface area contributed by atoms with Crippen LogP contribution in [-0.4, -0.2) is 164 Å². The summed E-state index contributed by atoms with van der Waals surface area (Å²) in [7, 11) is 6.82. The molecule has 0 bridgehead atoms. The van der Waals surface area contributed by atoms with E-state index in [2.05, 4.69) is 0 Å². The molecule has 4 aliphatic rings. The van der Waals surface area contributed by atoms with E-state index in [0.717, 1.165) is 0 Å². The molecule has 0 spiro atoms. The monoisotopic (exact) mass is 872 g/mol. The van der Waals surface area contributed by atoms with Gasteiger partial charge in [-0.15, -0.1) is 0 Å². The van der Waals surface area contributed by atoms with E-state index >= 15 is 0 Å². The highest BCUT2D eigenvalue weighted by atomic mass is 16.7. The largest absolute Gasteiger partial charge is 0.458 e. The van der Waals surface area contributed by atoms with Crippen molar-refractivity contribution in [2.75, 3.05) is 34.9 Å². The van der Waals surface area contributed by atoms with Gasteiger partial charge in [0.2, 0.25) is 0 Å². The van der Waals surface area contributed by atoms with Crippen molar-refractivity contribution in [1.29, 1.82) is 0 Å². The molecule has 0 aromatic rings. The van der Waals surface area contributed by atoms with Gasteiger partial charge in [-0.25, -0.2) is 4.79 Å². The van der Waals surface area contributed by atoms with E-state index in [9.17, 15) is 24.3 Å². The van der Waals surface area contributed by atoms with Crippen molar-refractivity contribution in [1.82, 2.24) is 9.80 Å². The number of aliphatic hydroxyl groups is 1. The molecule has 0 saturated carbocycles. The zero-order valence-electron chi connectivity index (χ0n) is 39.5. The van der Waals surface area contributed by atoms with Crippen molar-refractivity contribution < 1.29 is 66.9 Å². The number of ketones is 1. The Balaban J connectivity index is 1.91. The normalized spacial score (nSPS) is 44.8. The van der Waals surface area contributed by atoms with Crippen LogP contribution in [0.5, 0.6) is 0 Å². The molecule has 0 aromatic carbocycles. The fraction of sp³-hybridized carbons (Fsp3) is 0.909. The first-order valence-corrected chi connectivity index (χ1v) is 22.0. The topological polar surface area (TPSA) is 204 Å². The number of methoxy groups -OCH3 is 2. The quantitative estimate of drug-likeness (QED) is 0.224. The Morgan fingerprint density at radius 3 is 2.10 bits per heavy atom. The van der Waals surface area contributed by atoms with Gasteiger partial charge in [0.15, 0.2) is 24.3 Å². The number of aliphatic hydroxyl groups excluding tert-OH is 1. The summed E-state index contributed by atoms with van der Waals surface area (Å²) in [6, 6.07) is -1.59. The first-order chi connectivity index (χ1) is 28.3. The van der Waals surface area contributed by atoms with Crippen LogP contribution in [0, 0.1) is 23.7 Å². The van der Waals surface area contributed by atoms with Crippen LogP contribution >= 0.6 is 0 Å². The van der Waals surface area contributed by atoms with Gasteiger partial charge in [0, 0.05) is 63.9 Å². The maximum Gasteiger partial charge on any atom is 0.410 e. The Labute approximate surface area is 363 Å². The number of fused-ring (bicyclic) bond motifs is 1. The molecule has 0 unspecified atom stereocenters. The van der Waals surface area contributed by atoms with E-state index < -0.39 is 120 Å². The fourth-order valence-electron chi connectivity index (χ4n) is 10.5. The summed E-state index contributed by atoms with van der Waals surface area (Å²) in [6.45, 7) is 21.2. The SMILES string of the molecule is CC[C@@H]1OC(=O)[C@H](C)[C@@H](O[C@H]2C[C@@](C)(OC)[C@@H](OC(C)=O)[C@H](C)O2)[C@H](C)[C@@H](O[C@@H]2O[C@H](C)C[C@H](N(C)C)[C@H]2O)[C@](C)(OC)C[C@@H](C)C(=O)[C@H](C)[C@H]2N(C[C@@H](C)N)C(=O)O[C@]12C. The molecule has 4 rings (SSSR count). The van der Waals surface area contributed by atoms with Gasteiger partial charge in [0.25, 0.3) is 0 Å². The third-order valence-electron chi connectivity index (χ3n) is 13.9. The number of esters is 2. The predicted molar refractivity (Wildman–Crippen MR) is 223 cm³/mol. The summed E-state index contributed by atoms with van der Waals surface area (Å²) in [6.07, 6.45) is -7.49. The maximum atomic E-state index is 14.8. The molecule has 3 N–H and O–H groups in total. The number of likely N-dealkylation sites (N-methyl/N-ethyl adjacent to an activating group) is 1.